The van der Waals surface area contributed by atoms with Gasteiger partial charge in [-0.3, -0.25) is 9.89 Å². The lowest BCUT2D eigenvalue weighted by Crippen LogP contribution is -2.09. The fraction of sp³-hybridized carbons (Fsp3) is 0. The standard InChI is InChI=1S/C14H8N2O2/c17-10-6-5-9-11-12(10)14(18)8-4-2-1-3-7(8)13(11)16-15-9/h1-6,17H,(H,15,16). The van der Waals surface area contributed by atoms with Crippen LogP contribution >= 0.6 is 0 Å². The molecule has 1 aliphatic rings. The molecule has 1 heterocycles. The van der Waals surface area contributed by atoms with Crippen molar-refractivity contribution in [2.45, 2.75) is 0 Å². The van der Waals surface area contributed by atoms with Crippen molar-refractivity contribution in [3.63, 3.8) is 0 Å². The van der Waals surface area contributed by atoms with Gasteiger partial charge in [0.25, 0.3) is 0 Å². The lowest BCUT2D eigenvalue weighted by atomic mass is 9.87. The average molecular weight is 236 g/mol. The van der Waals surface area contributed by atoms with Crippen LogP contribution in [-0.2, 0) is 0 Å². The third kappa shape index (κ3) is 0.953. The van der Waals surface area contributed by atoms with Crippen molar-refractivity contribution in [1.29, 1.82) is 0 Å². The summed E-state index contributed by atoms with van der Waals surface area (Å²) in [6.07, 6.45) is 0. The SMILES string of the molecule is O=C1c2ccccc2-c2n[nH]c3ccc(O)c1c23. The minimum atomic E-state index is -0.150. The number of nitrogens with zero attached hydrogens (tertiary/aromatic N) is 1. The van der Waals surface area contributed by atoms with Crippen LogP contribution in [0.3, 0.4) is 0 Å². The van der Waals surface area contributed by atoms with Gasteiger partial charge in [0.05, 0.1) is 11.1 Å². The van der Waals surface area contributed by atoms with Gasteiger partial charge in [-0.25, -0.2) is 0 Å². The predicted octanol–water partition coefficient (Wildman–Crippen LogP) is 2.48. The number of carbonyl (C=O) groups is 1. The third-order valence-corrected chi connectivity index (χ3v) is 3.36. The van der Waals surface area contributed by atoms with E-state index in [1.165, 1.54) is 6.07 Å². The van der Waals surface area contributed by atoms with Gasteiger partial charge in [0.15, 0.2) is 5.78 Å². The van der Waals surface area contributed by atoms with Crippen LogP contribution in [0.15, 0.2) is 36.4 Å². The second-order valence-corrected chi connectivity index (χ2v) is 4.33. The highest BCUT2D eigenvalue weighted by atomic mass is 16.3. The molecule has 1 aliphatic carbocycles. The first kappa shape index (κ1) is 9.41. The van der Waals surface area contributed by atoms with Crippen LogP contribution in [0.25, 0.3) is 22.2 Å². The average Bonchev–Trinajstić information content (AvgIpc) is 2.82. The van der Waals surface area contributed by atoms with E-state index in [-0.39, 0.29) is 11.5 Å². The fourth-order valence-electron chi connectivity index (χ4n) is 2.55. The van der Waals surface area contributed by atoms with Gasteiger partial charge in [0.2, 0.25) is 0 Å². The molecule has 2 aromatic carbocycles. The molecule has 0 fully saturated rings. The van der Waals surface area contributed by atoms with E-state index in [1.54, 1.807) is 12.1 Å². The Kier molecular flexibility index (Phi) is 1.56. The van der Waals surface area contributed by atoms with Gasteiger partial charge in [0.1, 0.15) is 11.4 Å². The normalized spacial score (nSPS) is 12.8. The maximum absolute atomic E-state index is 12.4. The second-order valence-electron chi connectivity index (χ2n) is 4.33. The van der Waals surface area contributed by atoms with Gasteiger partial charge in [-0.1, -0.05) is 24.3 Å². The number of ketones is 1. The lowest BCUT2D eigenvalue weighted by Gasteiger charge is -2.15. The van der Waals surface area contributed by atoms with Crippen LogP contribution < -0.4 is 0 Å². The highest BCUT2D eigenvalue weighted by molar-refractivity contribution is 6.26. The van der Waals surface area contributed by atoms with Crippen molar-refractivity contribution in [2.75, 3.05) is 0 Å². The number of aromatic hydroxyl groups is 1. The number of fused-ring (bicyclic) bond motifs is 2. The molecule has 18 heavy (non-hydrogen) atoms. The Hall–Kier alpha value is -2.62. The number of hydrogen-bond donors (Lipinski definition) is 2. The Bertz CT molecular complexity index is 818. The van der Waals surface area contributed by atoms with E-state index in [1.807, 2.05) is 18.2 Å². The van der Waals surface area contributed by atoms with Crippen LogP contribution in [0, 0.1) is 0 Å². The maximum atomic E-state index is 12.4. The number of benzene rings is 2. The molecule has 3 aromatic rings. The van der Waals surface area contributed by atoms with Crippen LogP contribution in [0.5, 0.6) is 5.75 Å². The molecule has 1 aromatic heterocycles. The summed E-state index contributed by atoms with van der Waals surface area (Å²) in [5.41, 5.74) is 3.23. The first-order valence-corrected chi connectivity index (χ1v) is 5.61. The minimum absolute atomic E-state index is 0.00431. The van der Waals surface area contributed by atoms with Crippen molar-refractivity contribution in [3.05, 3.63) is 47.5 Å². The molecule has 0 aliphatic heterocycles. The minimum Gasteiger partial charge on any atom is -0.507 e. The molecule has 0 saturated heterocycles. The van der Waals surface area contributed by atoms with Crippen molar-refractivity contribution < 1.29 is 9.90 Å². The molecule has 0 bridgehead atoms. The summed E-state index contributed by atoms with van der Waals surface area (Å²) < 4.78 is 0. The maximum Gasteiger partial charge on any atom is 0.198 e. The molecule has 0 atom stereocenters. The zero-order chi connectivity index (χ0) is 12.3. The summed E-state index contributed by atoms with van der Waals surface area (Å²) in [5.74, 6) is -0.146. The van der Waals surface area contributed by atoms with E-state index in [2.05, 4.69) is 10.2 Å². The molecule has 0 spiro atoms. The van der Waals surface area contributed by atoms with E-state index < -0.39 is 0 Å². The lowest BCUT2D eigenvalue weighted by molar-refractivity contribution is 0.103. The van der Waals surface area contributed by atoms with Gasteiger partial charge < -0.3 is 5.11 Å². The van der Waals surface area contributed by atoms with E-state index in [4.69, 9.17) is 0 Å². The zero-order valence-corrected chi connectivity index (χ0v) is 9.27. The Labute approximate surface area is 102 Å². The Morgan fingerprint density at radius 3 is 2.67 bits per heavy atom. The van der Waals surface area contributed by atoms with Crippen molar-refractivity contribution in [3.8, 4) is 17.0 Å². The number of aromatic amines is 1. The van der Waals surface area contributed by atoms with Gasteiger partial charge in [-0.05, 0) is 12.1 Å². The number of nitrogens with one attached hydrogen (secondary N) is 1. The zero-order valence-electron chi connectivity index (χ0n) is 9.27. The van der Waals surface area contributed by atoms with Gasteiger partial charge in [-0.15, -0.1) is 0 Å². The van der Waals surface area contributed by atoms with Gasteiger partial charge in [-0.2, -0.15) is 5.10 Å². The molecule has 4 heteroatoms. The first-order chi connectivity index (χ1) is 8.77. The van der Waals surface area contributed by atoms with Crippen LogP contribution in [0.1, 0.15) is 15.9 Å². The Morgan fingerprint density at radius 2 is 1.83 bits per heavy atom. The quantitative estimate of drug-likeness (QED) is 0.493. The number of phenolic OH excluding ortho intramolecular Hbond substituents is 1. The van der Waals surface area contributed by atoms with Crippen LogP contribution in [-0.4, -0.2) is 21.1 Å². The molecule has 86 valence electrons. The Balaban J connectivity index is 2.28. The summed E-state index contributed by atoms with van der Waals surface area (Å²) in [6, 6.07) is 10.6. The molecule has 4 nitrogen and oxygen atoms in total. The predicted molar refractivity (Wildman–Crippen MR) is 66.6 cm³/mol. The fourth-order valence-corrected chi connectivity index (χ4v) is 2.55. The number of carbonyl (C=O) groups excluding carboxylic acids is 1. The van der Waals surface area contributed by atoms with Gasteiger partial charge in [0, 0.05) is 16.5 Å². The summed E-state index contributed by atoms with van der Waals surface area (Å²) >= 11 is 0. The highest BCUT2D eigenvalue weighted by Gasteiger charge is 2.29. The third-order valence-electron chi connectivity index (χ3n) is 3.36. The van der Waals surface area contributed by atoms with Crippen LogP contribution in [0.4, 0.5) is 0 Å². The van der Waals surface area contributed by atoms with E-state index in [0.717, 1.165) is 16.8 Å². The smallest absolute Gasteiger partial charge is 0.198 e. The van der Waals surface area contributed by atoms with Crippen molar-refractivity contribution in [2.24, 2.45) is 0 Å². The molecule has 0 saturated carbocycles. The highest BCUT2D eigenvalue weighted by Crippen LogP contribution is 2.40. The molecule has 2 N–H and O–H groups in total. The number of rotatable bonds is 0. The van der Waals surface area contributed by atoms with Crippen LogP contribution in [0.2, 0.25) is 0 Å². The van der Waals surface area contributed by atoms with Crippen molar-refractivity contribution in [1.82, 2.24) is 10.2 Å². The number of phenols is 1. The first-order valence-electron chi connectivity index (χ1n) is 5.61. The van der Waals surface area contributed by atoms with E-state index in [0.29, 0.717) is 16.5 Å². The second kappa shape index (κ2) is 2.98. The molecular weight excluding hydrogens is 228 g/mol. The van der Waals surface area contributed by atoms with Gasteiger partial charge >= 0.3 is 0 Å². The number of aromatic nitrogens is 2. The molecule has 0 radical (unpaired) electrons. The number of H-pyrrole nitrogens is 1. The molecule has 0 unspecified atom stereocenters. The van der Waals surface area contributed by atoms with E-state index >= 15 is 0 Å². The molecule has 4 rings (SSSR count). The summed E-state index contributed by atoms with van der Waals surface area (Å²) in [6.45, 7) is 0. The Morgan fingerprint density at radius 1 is 1.06 bits per heavy atom. The largest absolute Gasteiger partial charge is 0.507 e. The summed E-state index contributed by atoms with van der Waals surface area (Å²) in [5, 5.41) is 17.8. The van der Waals surface area contributed by atoms with E-state index in [9.17, 15) is 9.90 Å². The monoisotopic (exact) mass is 236 g/mol. The summed E-state index contributed by atoms with van der Waals surface area (Å²) in [7, 11) is 0. The molecule has 0 amide bonds. The molecular formula is C14H8N2O2. The van der Waals surface area contributed by atoms with Crippen molar-refractivity contribution >= 4 is 16.7 Å². The number of hydrogen-bond acceptors (Lipinski definition) is 3. The summed E-state index contributed by atoms with van der Waals surface area (Å²) in [4.78, 5) is 12.4. The topological polar surface area (TPSA) is 66.0 Å².